The van der Waals surface area contributed by atoms with Crippen molar-refractivity contribution in [2.24, 2.45) is 0 Å². The molecule has 0 saturated heterocycles. The number of anilines is 3. The lowest BCUT2D eigenvalue weighted by Crippen LogP contribution is -2.11. The van der Waals surface area contributed by atoms with Crippen LogP contribution in [-0.2, 0) is 6.42 Å². The highest BCUT2D eigenvalue weighted by Crippen LogP contribution is 2.44. The van der Waals surface area contributed by atoms with Crippen LogP contribution in [0.1, 0.15) is 11.1 Å². The van der Waals surface area contributed by atoms with Crippen LogP contribution in [0, 0.1) is 0 Å². The summed E-state index contributed by atoms with van der Waals surface area (Å²) in [6.45, 7) is 0. The molecule has 11 aromatic rings. The molecule has 0 aliphatic heterocycles. The summed E-state index contributed by atoms with van der Waals surface area (Å²) >= 11 is 0. The van der Waals surface area contributed by atoms with E-state index in [1.165, 1.54) is 77.1 Å². The van der Waals surface area contributed by atoms with E-state index in [0.29, 0.717) is 0 Å². The Morgan fingerprint density at radius 3 is 1.79 bits per heavy atom. The van der Waals surface area contributed by atoms with Crippen molar-refractivity contribution in [1.29, 1.82) is 0 Å². The van der Waals surface area contributed by atoms with Crippen molar-refractivity contribution in [3.05, 3.63) is 254 Å². The number of para-hydroxylation sites is 3. The van der Waals surface area contributed by atoms with E-state index in [2.05, 4.69) is 252 Å². The van der Waals surface area contributed by atoms with Gasteiger partial charge in [-0.15, -0.1) is 0 Å². The molecule has 10 aromatic carbocycles. The van der Waals surface area contributed by atoms with Gasteiger partial charge in [0.1, 0.15) is 0 Å². The summed E-state index contributed by atoms with van der Waals surface area (Å²) in [7, 11) is 0. The number of benzene rings is 10. The van der Waals surface area contributed by atoms with E-state index in [1.807, 2.05) is 0 Å². The van der Waals surface area contributed by atoms with Crippen molar-refractivity contribution in [1.82, 2.24) is 4.57 Å². The lowest BCUT2D eigenvalue weighted by Gasteiger charge is -2.28. The summed E-state index contributed by atoms with van der Waals surface area (Å²) in [5.41, 5.74) is 16.6. The largest absolute Gasteiger partial charge is 0.310 e. The zero-order valence-electron chi connectivity index (χ0n) is 33.7. The third kappa shape index (κ3) is 6.75. The van der Waals surface area contributed by atoms with Crippen molar-refractivity contribution in [3.63, 3.8) is 0 Å². The standard InChI is InChI=1S/C59H42N2/c1-3-16-43(17-4-1)44-34-36-46(37-35-44)53-26-9-11-29-56(53)60(50-38-32-42(33-39-50)40-47-20-13-19-45-18-7-8-25-52(45)47)51-24-14-21-48(41-51)54-28-15-31-58-59(54)55-27-10-12-30-57(55)61(58)49-22-5-2-6-23-49/h1-39,41H,40H2. The zero-order chi connectivity index (χ0) is 40.5. The Labute approximate surface area is 356 Å². The van der Waals surface area contributed by atoms with Crippen LogP contribution >= 0.6 is 0 Å². The van der Waals surface area contributed by atoms with Gasteiger partial charge in [0.2, 0.25) is 0 Å². The van der Waals surface area contributed by atoms with Crippen LogP contribution in [0.15, 0.2) is 243 Å². The first-order chi connectivity index (χ1) is 30.3. The smallest absolute Gasteiger partial charge is 0.0547 e. The summed E-state index contributed by atoms with van der Waals surface area (Å²) in [6.07, 6.45) is 0.863. The van der Waals surface area contributed by atoms with E-state index < -0.39 is 0 Å². The van der Waals surface area contributed by atoms with E-state index in [0.717, 1.165) is 29.2 Å². The SMILES string of the molecule is c1ccc(-c2ccc(-c3ccccc3N(c3ccc(Cc4cccc5ccccc45)cc3)c3cccc(-c4cccc5c4c4ccccc4n5-c4ccccc4)c3)cc2)cc1. The van der Waals surface area contributed by atoms with Crippen molar-refractivity contribution in [3.8, 4) is 39.1 Å². The lowest BCUT2D eigenvalue weighted by atomic mass is 9.96. The topological polar surface area (TPSA) is 8.17 Å². The Hall–Kier alpha value is -7.94. The van der Waals surface area contributed by atoms with E-state index in [-0.39, 0.29) is 0 Å². The first-order valence-corrected chi connectivity index (χ1v) is 21.1. The highest BCUT2D eigenvalue weighted by atomic mass is 15.1. The Morgan fingerprint density at radius 2 is 0.951 bits per heavy atom. The van der Waals surface area contributed by atoms with E-state index >= 15 is 0 Å². The predicted octanol–water partition coefficient (Wildman–Crippen LogP) is 16.0. The van der Waals surface area contributed by atoms with Crippen LogP contribution in [0.25, 0.3) is 71.6 Å². The molecule has 0 spiro atoms. The summed E-state index contributed by atoms with van der Waals surface area (Å²) in [5.74, 6) is 0. The molecule has 11 rings (SSSR count). The second kappa shape index (κ2) is 15.7. The minimum atomic E-state index is 0.863. The van der Waals surface area contributed by atoms with Crippen LogP contribution < -0.4 is 4.90 Å². The molecule has 2 heteroatoms. The number of hydrogen-bond donors (Lipinski definition) is 0. The third-order valence-electron chi connectivity index (χ3n) is 12.0. The maximum absolute atomic E-state index is 2.43. The Morgan fingerprint density at radius 1 is 0.361 bits per heavy atom. The highest BCUT2D eigenvalue weighted by Gasteiger charge is 2.20. The number of hydrogen-bond acceptors (Lipinski definition) is 1. The molecule has 0 radical (unpaired) electrons. The average Bonchev–Trinajstić information content (AvgIpc) is 3.68. The van der Waals surface area contributed by atoms with Crippen LogP contribution in [-0.4, -0.2) is 4.57 Å². The highest BCUT2D eigenvalue weighted by molar-refractivity contribution is 6.16. The van der Waals surface area contributed by atoms with Crippen LogP contribution in [0.4, 0.5) is 17.1 Å². The van der Waals surface area contributed by atoms with Gasteiger partial charge < -0.3 is 9.47 Å². The molecule has 0 atom stereocenters. The van der Waals surface area contributed by atoms with Gasteiger partial charge in [-0.1, -0.05) is 188 Å². The van der Waals surface area contributed by atoms with Crippen molar-refractivity contribution < 1.29 is 0 Å². The first-order valence-electron chi connectivity index (χ1n) is 21.1. The minimum Gasteiger partial charge on any atom is -0.310 e. The molecule has 0 amide bonds. The average molecular weight is 779 g/mol. The quantitative estimate of drug-likeness (QED) is 0.142. The van der Waals surface area contributed by atoms with Gasteiger partial charge in [-0.3, -0.25) is 0 Å². The number of rotatable bonds is 9. The molecule has 0 saturated carbocycles. The third-order valence-corrected chi connectivity index (χ3v) is 12.0. The molecule has 288 valence electrons. The molecule has 1 aromatic heterocycles. The Kier molecular flexibility index (Phi) is 9.29. The van der Waals surface area contributed by atoms with Crippen molar-refractivity contribution in [2.75, 3.05) is 4.90 Å². The molecule has 0 aliphatic rings. The monoisotopic (exact) mass is 778 g/mol. The first kappa shape index (κ1) is 36.2. The summed E-state index contributed by atoms with van der Waals surface area (Å²) in [4.78, 5) is 2.43. The molecule has 0 unspecified atom stereocenters. The van der Waals surface area contributed by atoms with Gasteiger partial charge in [0, 0.05) is 33.4 Å². The number of nitrogens with zero attached hydrogens (tertiary/aromatic N) is 2. The van der Waals surface area contributed by atoms with E-state index in [9.17, 15) is 0 Å². The Bertz CT molecular complexity index is 3300. The van der Waals surface area contributed by atoms with Crippen molar-refractivity contribution in [2.45, 2.75) is 6.42 Å². The fraction of sp³-hybridized carbons (Fsp3) is 0.0169. The molecule has 0 fully saturated rings. The second-order valence-corrected chi connectivity index (χ2v) is 15.7. The summed E-state index contributed by atoms with van der Waals surface area (Å²) in [6, 6.07) is 88.1. The van der Waals surface area contributed by atoms with Gasteiger partial charge in [0.15, 0.2) is 0 Å². The molecule has 2 nitrogen and oxygen atoms in total. The van der Waals surface area contributed by atoms with Crippen LogP contribution in [0.3, 0.4) is 0 Å². The van der Waals surface area contributed by atoms with Gasteiger partial charge in [0.25, 0.3) is 0 Å². The lowest BCUT2D eigenvalue weighted by molar-refractivity contribution is 1.18. The summed E-state index contributed by atoms with van der Waals surface area (Å²) in [5, 5.41) is 5.07. The zero-order valence-corrected chi connectivity index (χ0v) is 33.7. The number of aromatic nitrogens is 1. The van der Waals surface area contributed by atoms with Gasteiger partial charge >= 0.3 is 0 Å². The van der Waals surface area contributed by atoms with Gasteiger partial charge in [0.05, 0.1) is 16.7 Å². The summed E-state index contributed by atoms with van der Waals surface area (Å²) < 4.78 is 2.39. The predicted molar refractivity (Wildman–Crippen MR) is 259 cm³/mol. The fourth-order valence-corrected chi connectivity index (χ4v) is 9.17. The molecule has 1 heterocycles. The molecular formula is C59H42N2. The molecule has 61 heavy (non-hydrogen) atoms. The fourth-order valence-electron chi connectivity index (χ4n) is 9.17. The van der Waals surface area contributed by atoms with Crippen molar-refractivity contribution >= 4 is 49.6 Å². The van der Waals surface area contributed by atoms with Gasteiger partial charge in [-0.25, -0.2) is 0 Å². The van der Waals surface area contributed by atoms with E-state index in [4.69, 9.17) is 0 Å². The maximum atomic E-state index is 2.43. The van der Waals surface area contributed by atoms with Gasteiger partial charge in [-0.05, 0) is 111 Å². The maximum Gasteiger partial charge on any atom is 0.0547 e. The molecule has 0 N–H and O–H groups in total. The Balaban J connectivity index is 1.05. The molecule has 0 aliphatic carbocycles. The van der Waals surface area contributed by atoms with Crippen LogP contribution in [0.2, 0.25) is 0 Å². The number of fused-ring (bicyclic) bond motifs is 4. The normalized spacial score (nSPS) is 11.3. The second-order valence-electron chi connectivity index (χ2n) is 15.7. The molecule has 0 bridgehead atoms. The van der Waals surface area contributed by atoms with E-state index in [1.54, 1.807) is 0 Å². The van der Waals surface area contributed by atoms with Crippen LogP contribution in [0.5, 0.6) is 0 Å². The molecular weight excluding hydrogens is 737 g/mol. The van der Waals surface area contributed by atoms with Gasteiger partial charge in [-0.2, -0.15) is 0 Å². The minimum absolute atomic E-state index is 0.863.